The first-order valence-electron chi connectivity index (χ1n) is 7.71. The molecule has 0 saturated heterocycles. The maximum atomic E-state index is 12.0. The second kappa shape index (κ2) is 9.65. The Morgan fingerprint density at radius 3 is 2.74 bits per heavy atom. The van der Waals surface area contributed by atoms with Crippen LogP contribution in [0.5, 0.6) is 0 Å². The zero-order chi connectivity index (χ0) is 14.1. The molecule has 3 atom stereocenters. The summed E-state index contributed by atoms with van der Waals surface area (Å²) >= 11 is 1.93. The standard InChI is InChI=1S/C15H30N2OS/c1-3-4-12(9-10-16)5-8-15(18)17-13-6-7-14(11-13)19-2/h12-14H,3-11,16H2,1-2H3,(H,17,18). The van der Waals surface area contributed by atoms with Crippen LogP contribution in [0.2, 0.25) is 0 Å². The summed E-state index contributed by atoms with van der Waals surface area (Å²) in [4.78, 5) is 12.0. The lowest BCUT2D eigenvalue weighted by Crippen LogP contribution is -2.33. The third kappa shape index (κ3) is 6.66. The van der Waals surface area contributed by atoms with Gasteiger partial charge in [-0.15, -0.1) is 0 Å². The van der Waals surface area contributed by atoms with Crippen molar-refractivity contribution in [3.8, 4) is 0 Å². The van der Waals surface area contributed by atoms with Gasteiger partial charge in [-0.25, -0.2) is 0 Å². The van der Waals surface area contributed by atoms with Gasteiger partial charge >= 0.3 is 0 Å². The molecule has 1 aliphatic carbocycles. The molecule has 0 radical (unpaired) electrons. The molecule has 3 unspecified atom stereocenters. The van der Waals surface area contributed by atoms with Crippen molar-refractivity contribution in [3.63, 3.8) is 0 Å². The largest absolute Gasteiger partial charge is 0.353 e. The second-order valence-corrected chi connectivity index (χ2v) is 6.84. The van der Waals surface area contributed by atoms with Crippen molar-refractivity contribution >= 4 is 17.7 Å². The van der Waals surface area contributed by atoms with Gasteiger partial charge in [-0.3, -0.25) is 4.79 Å². The topological polar surface area (TPSA) is 55.1 Å². The third-order valence-electron chi connectivity index (χ3n) is 4.13. The number of hydrogen-bond donors (Lipinski definition) is 2. The minimum Gasteiger partial charge on any atom is -0.353 e. The monoisotopic (exact) mass is 286 g/mol. The molecule has 0 heterocycles. The van der Waals surface area contributed by atoms with Gasteiger partial charge in [-0.05, 0) is 50.8 Å². The summed E-state index contributed by atoms with van der Waals surface area (Å²) in [6, 6.07) is 0.420. The van der Waals surface area contributed by atoms with Crippen LogP contribution in [-0.2, 0) is 4.79 Å². The fourth-order valence-electron chi connectivity index (χ4n) is 3.00. The molecule has 1 rings (SSSR count). The first-order valence-corrected chi connectivity index (χ1v) is 9.00. The minimum absolute atomic E-state index is 0.241. The highest BCUT2D eigenvalue weighted by molar-refractivity contribution is 7.99. The maximum absolute atomic E-state index is 12.0. The van der Waals surface area contributed by atoms with E-state index in [0.717, 1.165) is 37.5 Å². The average molecular weight is 286 g/mol. The molecule has 112 valence electrons. The number of nitrogens with one attached hydrogen (secondary N) is 1. The SMILES string of the molecule is CCCC(CCN)CCC(=O)NC1CCC(SC)C1. The Hall–Kier alpha value is -0.220. The molecule has 1 saturated carbocycles. The van der Waals surface area contributed by atoms with Crippen LogP contribution in [0.25, 0.3) is 0 Å². The molecule has 1 amide bonds. The van der Waals surface area contributed by atoms with E-state index in [-0.39, 0.29) is 5.91 Å². The van der Waals surface area contributed by atoms with Crippen LogP contribution in [-0.4, -0.2) is 30.0 Å². The molecular weight excluding hydrogens is 256 g/mol. The number of nitrogens with two attached hydrogens (primary N) is 1. The van der Waals surface area contributed by atoms with Crippen molar-refractivity contribution in [1.82, 2.24) is 5.32 Å². The summed E-state index contributed by atoms with van der Waals surface area (Å²) < 4.78 is 0. The number of thioether (sulfide) groups is 1. The number of carbonyl (C=O) groups is 1. The van der Waals surface area contributed by atoms with Gasteiger partial charge in [0.2, 0.25) is 5.91 Å². The molecule has 4 heteroatoms. The molecule has 19 heavy (non-hydrogen) atoms. The Labute approximate surface area is 122 Å². The molecule has 0 aromatic rings. The van der Waals surface area contributed by atoms with Gasteiger partial charge < -0.3 is 11.1 Å². The predicted molar refractivity (Wildman–Crippen MR) is 84.4 cm³/mol. The Morgan fingerprint density at radius 2 is 2.16 bits per heavy atom. The molecular formula is C15H30N2OS. The van der Waals surface area contributed by atoms with Crippen molar-refractivity contribution in [2.45, 2.75) is 69.6 Å². The predicted octanol–water partition coefficient (Wildman–Crippen LogP) is 2.93. The molecule has 3 nitrogen and oxygen atoms in total. The molecule has 0 aromatic heterocycles. The Kier molecular flexibility index (Phi) is 8.55. The van der Waals surface area contributed by atoms with E-state index in [0.29, 0.717) is 18.4 Å². The lowest BCUT2D eigenvalue weighted by atomic mass is 9.94. The highest BCUT2D eigenvalue weighted by Crippen LogP contribution is 2.28. The lowest BCUT2D eigenvalue weighted by Gasteiger charge is -2.16. The van der Waals surface area contributed by atoms with Crippen molar-refractivity contribution in [3.05, 3.63) is 0 Å². The normalized spacial score (nSPS) is 24.4. The zero-order valence-electron chi connectivity index (χ0n) is 12.5. The highest BCUT2D eigenvalue weighted by atomic mass is 32.2. The van der Waals surface area contributed by atoms with E-state index < -0.39 is 0 Å². The fraction of sp³-hybridized carbons (Fsp3) is 0.933. The first kappa shape index (κ1) is 16.8. The van der Waals surface area contributed by atoms with Crippen LogP contribution in [0.4, 0.5) is 0 Å². The minimum atomic E-state index is 0.241. The molecule has 0 aromatic carbocycles. The molecule has 0 bridgehead atoms. The van der Waals surface area contributed by atoms with Crippen molar-refractivity contribution in [1.29, 1.82) is 0 Å². The van der Waals surface area contributed by atoms with Crippen molar-refractivity contribution < 1.29 is 4.79 Å². The molecule has 1 fully saturated rings. The van der Waals surface area contributed by atoms with Gasteiger partial charge in [0.1, 0.15) is 0 Å². The smallest absolute Gasteiger partial charge is 0.220 e. The Morgan fingerprint density at radius 1 is 1.37 bits per heavy atom. The van der Waals surface area contributed by atoms with Gasteiger partial charge in [0, 0.05) is 17.7 Å². The average Bonchev–Trinajstić information content (AvgIpc) is 2.84. The van der Waals surface area contributed by atoms with E-state index in [9.17, 15) is 4.79 Å². The quantitative estimate of drug-likeness (QED) is 0.685. The first-order chi connectivity index (χ1) is 9.19. The third-order valence-corrected chi connectivity index (χ3v) is 5.23. The van der Waals surface area contributed by atoms with E-state index in [1.54, 1.807) is 0 Å². The molecule has 0 spiro atoms. The van der Waals surface area contributed by atoms with Crippen molar-refractivity contribution in [2.24, 2.45) is 11.7 Å². The van der Waals surface area contributed by atoms with Gasteiger partial charge in [0.25, 0.3) is 0 Å². The maximum Gasteiger partial charge on any atom is 0.220 e. The highest BCUT2D eigenvalue weighted by Gasteiger charge is 2.25. The summed E-state index contributed by atoms with van der Waals surface area (Å²) in [5, 5.41) is 3.94. The van der Waals surface area contributed by atoms with Crippen LogP contribution in [0, 0.1) is 5.92 Å². The number of amides is 1. The van der Waals surface area contributed by atoms with E-state index in [4.69, 9.17) is 5.73 Å². The van der Waals surface area contributed by atoms with E-state index in [2.05, 4.69) is 18.5 Å². The summed E-state index contributed by atoms with van der Waals surface area (Å²) in [6.07, 6.45) is 10.8. The number of carbonyl (C=O) groups excluding carboxylic acids is 1. The summed E-state index contributed by atoms with van der Waals surface area (Å²) in [6.45, 7) is 2.94. The van der Waals surface area contributed by atoms with E-state index in [1.165, 1.54) is 19.3 Å². The Bertz CT molecular complexity index is 255. The van der Waals surface area contributed by atoms with Crippen LogP contribution < -0.4 is 11.1 Å². The van der Waals surface area contributed by atoms with Gasteiger partial charge in [-0.1, -0.05) is 19.8 Å². The van der Waals surface area contributed by atoms with Crippen LogP contribution in [0.1, 0.15) is 58.3 Å². The van der Waals surface area contributed by atoms with E-state index in [1.807, 2.05) is 11.8 Å². The fourth-order valence-corrected chi connectivity index (χ4v) is 3.79. The molecule has 0 aliphatic heterocycles. The number of hydrogen-bond acceptors (Lipinski definition) is 3. The molecule has 1 aliphatic rings. The van der Waals surface area contributed by atoms with Crippen LogP contribution >= 0.6 is 11.8 Å². The van der Waals surface area contributed by atoms with Crippen LogP contribution in [0.15, 0.2) is 0 Å². The second-order valence-electron chi connectivity index (χ2n) is 5.71. The van der Waals surface area contributed by atoms with E-state index >= 15 is 0 Å². The number of rotatable bonds is 9. The Balaban J connectivity index is 2.19. The summed E-state index contributed by atoms with van der Waals surface area (Å²) in [5.41, 5.74) is 5.63. The summed E-state index contributed by atoms with van der Waals surface area (Å²) in [5.74, 6) is 0.869. The molecule has 3 N–H and O–H groups in total. The summed E-state index contributed by atoms with van der Waals surface area (Å²) in [7, 11) is 0. The van der Waals surface area contributed by atoms with Gasteiger partial charge in [0.05, 0.1) is 0 Å². The van der Waals surface area contributed by atoms with Crippen molar-refractivity contribution in [2.75, 3.05) is 12.8 Å². The zero-order valence-corrected chi connectivity index (χ0v) is 13.3. The van der Waals surface area contributed by atoms with Gasteiger partial charge in [-0.2, -0.15) is 11.8 Å². The van der Waals surface area contributed by atoms with Gasteiger partial charge in [0.15, 0.2) is 0 Å². The lowest BCUT2D eigenvalue weighted by molar-refractivity contribution is -0.122. The van der Waals surface area contributed by atoms with Crippen LogP contribution in [0.3, 0.4) is 0 Å².